The van der Waals surface area contributed by atoms with Gasteiger partial charge < -0.3 is 20.7 Å². The van der Waals surface area contributed by atoms with Crippen LogP contribution in [0, 0.1) is 0 Å². The lowest BCUT2D eigenvalue weighted by Crippen LogP contribution is -2.40. The molecular weight excluding hydrogens is 400 g/mol. The van der Waals surface area contributed by atoms with E-state index in [9.17, 15) is 19.2 Å². The van der Waals surface area contributed by atoms with Gasteiger partial charge in [0, 0.05) is 24.8 Å². The minimum atomic E-state index is -0.589. The molecule has 5 amide bonds. The molecule has 0 radical (unpaired) electrons. The van der Waals surface area contributed by atoms with Crippen molar-refractivity contribution in [3.8, 4) is 0 Å². The van der Waals surface area contributed by atoms with Gasteiger partial charge in [-0.3, -0.25) is 14.5 Å². The summed E-state index contributed by atoms with van der Waals surface area (Å²) in [4.78, 5) is 50.6. The van der Waals surface area contributed by atoms with Crippen molar-refractivity contribution in [2.45, 2.75) is 64.5 Å². The number of amides is 5. The molecule has 168 valence electrons. The van der Waals surface area contributed by atoms with Crippen LogP contribution in [0.25, 0.3) is 0 Å². The summed E-state index contributed by atoms with van der Waals surface area (Å²) in [5, 5.41) is 7.81. The highest BCUT2D eigenvalue weighted by atomic mass is 16.6. The SMILES string of the molecule is CC(C)(C)OC(=O)NCCNC(=O)Nc1ccc2c(c1)C(=O)N(C1CCCCC1)C2=O. The van der Waals surface area contributed by atoms with Gasteiger partial charge in [0.15, 0.2) is 0 Å². The zero-order valence-electron chi connectivity index (χ0n) is 18.2. The van der Waals surface area contributed by atoms with Crippen molar-refractivity contribution in [1.29, 1.82) is 0 Å². The number of benzene rings is 1. The standard InChI is InChI=1S/C22H30N4O5/c1-22(2,3)31-21(30)24-12-11-23-20(29)25-14-9-10-16-17(13-14)19(28)26(18(16)27)15-7-5-4-6-8-15/h9-10,13,15H,4-8,11-12H2,1-3H3,(H,24,30)(H2,23,25,29). The summed E-state index contributed by atoms with van der Waals surface area (Å²) in [6.45, 7) is 5.70. The van der Waals surface area contributed by atoms with Crippen molar-refractivity contribution < 1.29 is 23.9 Å². The predicted molar refractivity (Wildman–Crippen MR) is 115 cm³/mol. The van der Waals surface area contributed by atoms with Gasteiger partial charge in [-0.05, 0) is 51.8 Å². The number of imide groups is 1. The normalized spacial score (nSPS) is 16.7. The van der Waals surface area contributed by atoms with E-state index in [-0.39, 0.29) is 30.9 Å². The molecule has 0 atom stereocenters. The minimum Gasteiger partial charge on any atom is -0.444 e. The number of urea groups is 1. The van der Waals surface area contributed by atoms with Crippen molar-refractivity contribution in [1.82, 2.24) is 15.5 Å². The van der Waals surface area contributed by atoms with Crippen LogP contribution in [0.4, 0.5) is 15.3 Å². The molecule has 1 aliphatic carbocycles. The number of rotatable bonds is 5. The first-order valence-corrected chi connectivity index (χ1v) is 10.7. The maximum absolute atomic E-state index is 12.8. The highest BCUT2D eigenvalue weighted by Crippen LogP contribution is 2.32. The van der Waals surface area contributed by atoms with E-state index < -0.39 is 17.7 Å². The molecule has 1 aromatic carbocycles. The van der Waals surface area contributed by atoms with E-state index in [1.54, 1.807) is 32.9 Å². The number of hydrogen-bond donors (Lipinski definition) is 3. The zero-order chi connectivity index (χ0) is 22.6. The molecule has 1 fully saturated rings. The van der Waals surface area contributed by atoms with Gasteiger partial charge in [-0.25, -0.2) is 9.59 Å². The Morgan fingerprint density at radius 2 is 1.65 bits per heavy atom. The third-order valence-corrected chi connectivity index (χ3v) is 5.19. The number of nitrogens with one attached hydrogen (secondary N) is 3. The fourth-order valence-electron chi connectivity index (χ4n) is 3.84. The second-order valence-corrected chi connectivity index (χ2v) is 8.84. The topological polar surface area (TPSA) is 117 Å². The van der Waals surface area contributed by atoms with E-state index in [1.807, 2.05) is 0 Å². The number of alkyl carbamates (subject to hydrolysis) is 1. The average Bonchev–Trinajstić information content (AvgIpc) is 2.94. The molecular formula is C22H30N4O5. The van der Waals surface area contributed by atoms with Gasteiger partial charge in [-0.15, -0.1) is 0 Å². The molecule has 0 unspecified atom stereocenters. The number of nitrogens with zero attached hydrogens (tertiary/aromatic N) is 1. The second-order valence-electron chi connectivity index (χ2n) is 8.84. The van der Waals surface area contributed by atoms with E-state index in [2.05, 4.69) is 16.0 Å². The highest BCUT2D eigenvalue weighted by Gasteiger charge is 2.40. The smallest absolute Gasteiger partial charge is 0.407 e. The van der Waals surface area contributed by atoms with Gasteiger partial charge in [0.05, 0.1) is 11.1 Å². The minimum absolute atomic E-state index is 0.0432. The monoisotopic (exact) mass is 430 g/mol. The quantitative estimate of drug-likeness (QED) is 0.490. The van der Waals surface area contributed by atoms with Gasteiger partial charge in [0.1, 0.15) is 5.60 Å². The van der Waals surface area contributed by atoms with Crippen molar-refractivity contribution in [3.63, 3.8) is 0 Å². The number of fused-ring (bicyclic) bond motifs is 1. The Morgan fingerprint density at radius 3 is 2.32 bits per heavy atom. The third-order valence-electron chi connectivity index (χ3n) is 5.19. The van der Waals surface area contributed by atoms with Crippen LogP contribution >= 0.6 is 0 Å². The Morgan fingerprint density at radius 1 is 1.00 bits per heavy atom. The maximum Gasteiger partial charge on any atom is 0.407 e. The highest BCUT2D eigenvalue weighted by molar-refractivity contribution is 6.22. The van der Waals surface area contributed by atoms with Crippen molar-refractivity contribution in [2.24, 2.45) is 0 Å². The van der Waals surface area contributed by atoms with Crippen molar-refractivity contribution in [3.05, 3.63) is 29.3 Å². The summed E-state index contributed by atoms with van der Waals surface area (Å²) in [7, 11) is 0. The van der Waals surface area contributed by atoms with Crippen LogP contribution in [0.2, 0.25) is 0 Å². The summed E-state index contributed by atoms with van der Waals surface area (Å²) < 4.78 is 5.11. The van der Waals surface area contributed by atoms with Crippen LogP contribution < -0.4 is 16.0 Å². The Labute approximate surface area is 181 Å². The molecule has 1 heterocycles. The predicted octanol–water partition coefficient (Wildman–Crippen LogP) is 3.26. The van der Waals surface area contributed by atoms with Crippen LogP contribution in [-0.2, 0) is 4.74 Å². The van der Waals surface area contributed by atoms with E-state index in [0.29, 0.717) is 16.8 Å². The van der Waals surface area contributed by atoms with Crippen molar-refractivity contribution >= 4 is 29.6 Å². The van der Waals surface area contributed by atoms with Gasteiger partial charge in [-0.2, -0.15) is 0 Å². The molecule has 0 spiro atoms. The molecule has 0 aromatic heterocycles. The van der Waals surface area contributed by atoms with Gasteiger partial charge in [0.2, 0.25) is 0 Å². The van der Waals surface area contributed by atoms with E-state index in [4.69, 9.17) is 4.74 Å². The molecule has 31 heavy (non-hydrogen) atoms. The summed E-state index contributed by atoms with van der Waals surface area (Å²) >= 11 is 0. The first kappa shape index (κ1) is 22.6. The molecule has 3 N–H and O–H groups in total. The third kappa shape index (κ3) is 5.74. The summed E-state index contributed by atoms with van der Waals surface area (Å²) in [6.07, 6.45) is 4.31. The van der Waals surface area contributed by atoms with Crippen LogP contribution in [0.3, 0.4) is 0 Å². The van der Waals surface area contributed by atoms with E-state index in [1.165, 1.54) is 11.0 Å². The number of hydrogen-bond acceptors (Lipinski definition) is 5. The Hall–Kier alpha value is -3.10. The molecule has 9 nitrogen and oxygen atoms in total. The Kier molecular flexibility index (Phi) is 6.82. The molecule has 3 rings (SSSR count). The van der Waals surface area contributed by atoms with Crippen molar-refractivity contribution in [2.75, 3.05) is 18.4 Å². The van der Waals surface area contributed by atoms with Gasteiger partial charge in [-0.1, -0.05) is 19.3 Å². The van der Waals surface area contributed by atoms with E-state index in [0.717, 1.165) is 32.1 Å². The molecule has 1 aliphatic heterocycles. The molecule has 0 saturated heterocycles. The Bertz CT molecular complexity index is 871. The van der Waals surface area contributed by atoms with Crippen LogP contribution in [0.5, 0.6) is 0 Å². The molecule has 9 heteroatoms. The van der Waals surface area contributed by atoms with Crippen LogP contribution in [-0.4, -0.2) is 53.6 Å². The molecule has 1 saturated carbocycles. The lowest BCUT2D eigenvalue weighted by Gasteiger charge is -2.29. The fraction of sp³-hybridized carbons (Fsp3) is 0.545. The molecule has 2 aliphatic rings. The zero-order valence-corrected chi connectivity index (χ0v) is 18.2. The summed E-state index contributed by atoms with van der Waals surface area (Å²) in [5.41, 5.74) is 0.527. The number of carbonyl (C=O) groups excluding carboxylic acids is 4. The average molecular weight is 431 g/mol. The first-order chi connectivity index (χ1) is 14.7. The lowest BCUT2D eigenvalue weighted by atomic mass is 9.94. The first-order valence-electron chi connectivity index (χ1n) is 10.7. The Balaban J connectivity index is 1.51. The summed E-state index contributed by atoms with van der Waals surface area (Å²) in [5.74, 6) is -0.548. The fourth-order valence-corrected chi connectivity index (χ4v) is 3.84. The number of carbonyl (C=O) groups is 4. The van der Waals surface area contributed by atoms with E-state index >= 15 is 0 Å². The van der Waals surface area contributed by atoms with Gasteiger partial charge in [0.25, 0.3) is 11.8 Å². The van der Waals surface area contributed by atoms with Crippen LogP contribution in [0.1, 0.15) is 73.6 Å². The number of ether oxygens (including phenoxy) is 1. The molecule has 0 bridgehead atoms. The maximum atomic E-state index is 12.8. The second kappa shape index (κ2) is 9.36. The lowest BCUT2D eigenvalue weighted by molar-refractivity contribution is 0.0522. The number of anilines is 1. The summed E-state index contributed by atoms with van der Waals surface area (Å²) in [6, 6.07) is 4.20. The van der Waals surface area contributed by atoms with Gasteiger partial charge >= 0.3 is 12.1 Å². The molecule has 1 aromatic rings. The largest absolute Gasteiger partial charge is 0.444 e. The van der Waals surface area contributed by atoms with Crippen LogP contribution in [0.15, 0.2) is 18.2 Å².